The minimum absolute atomic E-state index is 0.00421. The van der Waals surface area contributed by atoms with E-state index in [-0.39, 0.29) is 29.9 Å². The lowest BCUT2D eigenvalue weighted by atomic mass is 9.93. The number of nitrogens with zero attached hydrogens (tertiary/aromatic N) is 1. The highest BCUT2D eigenvalue weighted by molar-refractivity contribution is 5.98. The van der Waals surface area contributed by atoms with Gasteiger partial charge in [0.2, 0.25) is 17.7 Å². The average molecular weight is 556 g/mol. The van der Waals surface area contributed by atoms with Crippen molar-refractivity contribution < 1.29 is 28.7 Å². The number of Topliss-reactive ketones (excluding diaryl/α,β-unsaturated/α-hetero) is 1. The normalized spacial score (nSPS) is 27.1. The smallest absolute Gasteiger partial charge is 0.243 e. The highest BCUT2D eigenvalue weighted by atomic mass is 16.6. The fraction of sp³-hybridized carbons (Fsp3) is 0.677. The molecule has 0 radical (unpaired) electrons. The monoisotopic (exact) mass is 555 g/mol. The zero-order chi connectivity index (χ0) is 28.7. The molecule has 4 aliphatic heterocycles. The average Bonchev–Trinajstić information content (AvgIpc) is 3.47. The van der Waals surface area contributed by atoms with Gasteiger partial charge < -0.3 is 25.0 Å². The van der Waals surface area contributed by atoms with Gasteiger partial charge in [-0.1, -0.05) is 45.2 Å². The third-order valence-corrected chi connectivity index (χ3v) is 8.11. The van der Waals surface area contributed by atoms with Gasteiger partial charge in [-0.25, -0.2) is 0 Å². The van der Waals surface area contributed by atoms with E-state index in [4.69, 9.17) is 9.47 Å². The lowest BCUT2D eigenvalue weighted by Gasteiger charge is -2.28. The molecule has 0 saturated carbocycles. The van der Waals surface area contributed by atoms with Gasteiger partial charge in [-0.2, -0.15) is 0 Å². The van der Waals surface area contributed by atoms with Gasteiger partial charge in [0.05, 0.1) is 19.3 Å². The molecule has 220 valence electrons. The number of carbonyl (C=O) groups excluding carboxylic acids is 4. The molecule has 4 aliphatic rings. The molecular weight excluding hydrogens is 510 g/mol. The van der Waals surface area contributed by atoms with E-state index in [0.717, 1.165) is 49.8 Å². The third-order valence-electron chi connectivity index (χ3n) is 8.11. The first kappa shape index (κ1) is 30.0. The van der Waals surface area contributed by atoms with Gasteiger partial charge in [-0.15, -0.1) is 0 Å². The number of ketones is 1. The van der Waals surface area contributed by atoms with E-state index in [1.54, 1.807) is 11.8 Å². The molecule has 4 heterocycles. The number of hydrogen-bond acceptors (Lipinski definition) is 6. The van der Waals surface area contributed by atoms with Crippen LogP contribution < -0.4 is 15.4 Å². The van der Waals surface area contributed by atoms with E-state index >= 15 is 0 Å². The number of ether oxygens (including phenoxy) is 2. The van der Waals surface area contributed by atoms with Crippen molar-refractivity contribution in [2.75, 3.05) is 19.8 Å². The zero-order valence-corrected chi connectivity index (χ0v) is 24.2. The molecule has 3 amide bonds. The van der Waals surface area contributed by atoms with Crippen LogP contribution in [0.5, 0.6) is 5.75 Å². The molecule has 4 atom stereocenters. The first-order chi connectivity index (χ1) is 19.2. The molecule has 9 nitrogen and oxygen atoms in total. The van der Waals surface area contributed by atoms with E-state index in [0.29, 0.717) is 39.0 Å². The summed E-state index contributed by atoms with van der Waals surface area (Å²) in [5.41, 5.74) is -0.0117. The van der Waals surface area contributed by atoms with Crippen molar-refractivity contribution in [2.24, 2.45) is 5.92 Å². The Bertz CT molecular complexity index is 1050. The van der Waals surface area contributed by atoms with Crippen LogP contribution in [0, 0.1) is 5.92 Å². The van der Waals surface area contributed by atoms with Crippen molar-refractivity contribution in [1.82, 2.24) is 15.5 Å². The summed E-state index contributed by atoms with van der Waals surface area (Å²) in [4.78, 5) is 55.0. The van der Waals surface area contributed by atoms with E-state index < -0.39 is 29.6 Å². The van der Waals surface area contributed by atoms with Crippen molar-refractivity contribution in [1.29, 1.82) is 0 Å². The van der Waals surface area contributed by atoms with Crippen LogP contribution >= 0.6 is 0 Å². The zero-order valence-electron chi connectivity index (χ0n) is 24.2. The van der Waals surface area contributed by atoms with Gasteiger partial charge >= 0.3 is 0 Å². The topological polar surface area (TPSA) is 117 Å². The minimum Gasteiger partial charge on any atom is -0.494 e. The quantitative estimate of drug-likeness (QED) is 0.520. The molecule has 9 heteroatoms. The third kappa shape index (κ3) is 8.05. The fourth-order valence-electron chi connectivity index (χ4n) is 5.61. The molecule has 40 heavy (non-hydrogen) atoms. The molecule has 1 aromatic carbocycles. The first-order valence-corrected chi connectivity index (χ1v) is 15.0. The number of hydrogen-bond donors (Lipinski definition) is 2. The first-order valence-electron chi connectivity index (χ1n) is 15.0. The Morgan fingerprint density at radius 3 is 2.48 bits per heavy atom. The number of carbonyl (C=O) groups is 4. The summed E-state index contributed by atoms with van der Waals surface area (Å²) in [5.74, 6) is 0.0405. The summed E-state index contributed by atoms with van der Waals surface area (Å²) in [6, 6.07) is 5.35. The Labute approximate surface area is 237 Å². The molecule has 5 rings (SSSR count). The number of epoxide rings is 1. The SMILES string of the molecule is CC(C)CC(NC(=O)[C@@H]1Cc2ccc(cc2)OCCCCCCCC(=O)N2CCC[C@H]2C(=O)N1)C(=O)[C@@]1(C)CO1. The summed E-state index contributed by atoms with van der Waals surface area (Å²) in [6.07, 6.45) is 7.27. The van der Waals surface area contributed by atoms with Crippen LogP contribution in [0.25, 0.3) is 0 Å². The van der Waals surface area contributed by atoms with E-state index in [2.05, 4.69) is 10.6 Å². The second-order valence-corrected chi connectivity index (χ2v) is 12.1. The largest absolute Gasteiger partial charge is 0.494 e. The van der Waals surface area contributed by atoms with Crippen LogP contribution in [-0.2, 0) is 30.3 Å². The molecule has 2 bridgehead atoms. The molecule has 0 spiro atoms. The maximum atomic E-state index is 13.7. The number of benzene rings is 1. The number of nitrogens with one attached hydrogen (secondary N) is 2. The Morgan fingerprint density at radius 1 is 1.07 bits per heavy atom. The van der Waals surface area contributed by atoms with Gasteiger partial charge in [-0.3, -0.25) is 19.2 Å². The Balaban J connectivity index is 1.55. The molecule has 2 N–H and O–H groups in total. The van der Waals surface area contributed by atoms with Crippen molar-refractivity contribution in [3.63, 3.8) is 0 Å². The van der Waals surface area contributed by atoms with E-state index in [1.165, 1.54) is 0 Å². The lowest BCUT2D eigenvalue weighted by molar-refractivity contribution is -0.140. The second kappa shape index (κ2) is 13.6. The van der Waals surface area contributed by atoms with Crippen LogP contribution in [0.15, 0.2) is 24.3 Å². The predicted molar refractivity (Wildman–Crippen MR) is 151 cm³/mol. The molecule has 2 fully saturated rings. The van der Waals surface area contributed by atoms with Crippen LogP contribution in [0.4, 0.5) is 0 Å². The summed E-state index contributed by atoms with van der Waals surface area (Å²) in [5, 5.41) is 5.87. The molecular formula is C31H45N3O6. The Kier molecular flexibility index (Phi) is 10.2. The van der Waals surface area contributed by atoms with Gasteiger partial charge in [-0.05, 0) is 62.6 Å². The Hall–Kier alpha value is -2.94. The van der Waals surface area contributed by atoms with Gasteiger partial charge in [0, 0.05) is 19.4 Å². The van der Waals surface area contributed by atoms with Crippen LogP contribution in [0.3, 0.4) is 0 Å². The second-order valence-electron chi connectivity index (χ2n) is 12.1. The molecule has 1 unspecified atom stereocenters. The van der Waals surface area contributed by atoms with Gasteiger partial charge in [0.15, 0.2) is 5.78 Å². The maximum absolute atomic E-state index is 13.7. The predicted octanol–water partition coefficient (Wildman–Crippen LogP) is 3.33. The van der Waals surface area contributed by atoms with Gasteiger partial charge in [0.1, 0.15) is 23.4 Å². The van der Waals surface area contributed by atoms with Crippen LogP contribution in [0.2, 0.25) is 0 Å². The van der Waals surface area contributed by atoms with Crippen molar-refractivity contribution >= 4 is 23.5 Å². The van der Waals surface area contributed by atoms with Crippen molar-refractivity contribution in [2.45, 2.75) is 109 Å². The minimum atomic E-state index is -0.908. The van der Waals surface area contributed by atoms with Crippen molar-refractivity contribution in [3.05, 3.63) is 29.8 Å². The summed E-state index contributed by atoms with van der Waals surface area (Å²) >= 11 is 0. The highest BCUT2D eigenvalue weighted by Gasteiger charge is 2.50. The Morgan fingerprint density at radius 2 is 1.77 bits per heavy atom. The summed E-state index contributed by atoms with van der Waals surface area (Å²) in [7, 11) is 0. The van der Waals surface area contributed by atoms with E-state index in [1.807, 2.05) is 38.1 Å². The van der Waals surface area contributed by atoms with Crippen LogP contribution in [0.1, 0.15) is 84.1 Å². The number of rotatable bonds is 6. The standard InChI is InChI=1S/C31H45N3O6/c1-21(2)18-24(28(36)31(3)20-40-31)32-29(37)25-19-22-12-14-23(15-13-22)39-17-8-6-4-5-7-11-27(35)34-16-9-10-26(34)30(38)33-25/h12-15,21,24-26H,4-11,16-20H2,1-3H3,(H,32,37)(H,33,38)/t24?,25-,26-,31+/m0/s1. The lowest BCUT2D eigenvalue weighted by Crippen LogP contribution is -2.57. The molecule has 0 aliphatic carbocycles. The summed E-state index contributed by atoms with van der Waals surface area (Å²) < 4.78 is 11.3. The molecule has 1 aromatic rings. The maximum Gasteiger partial charge on any atom is 0.243 e. The highest BCUT2D eigenvalue weighted by Crippen LogP contribution is 2.30. The van der Waals surface area contributed by atoms with Crippen molar-refractivity contribution in [3.8, 4) is 5.75 Å². The number of amides is 3. The summed E-state index contributed by atoms with van der Waals surface area (Å²) in [6.45, 7) is 7.26. The number of fused-ring (bicyclic) bond motifs is 13. The van der Waals surface area contributed by atoms with Crippen LogP contribution in [-0.4, -0.2) is 71.9 Å². The van der Waals surface area contributed by atoms with Gasteiger partial charge in [0.25, 0.3) is 0 Å². The fourth-order valence-corrected chi connectivity index (χ4v) is 5.61. The van der Waals surface area contributed by atoms with E-state index in [9.17, 15) is 19.2 Å². The molecule has 2 saturated heterocycles. The molecule has 0 aromatic heterocycles.